The number of rotatable bonds is 8. The van der Waals surface area contributed by atoms with Gasteiger partial charge in [-0.15, -0.1) is 0 Å². The van der Waals surface area contributed by atoms with Gasteiger partial charge >= 0.3 is 0 Å². The summed E-state index contributed by atoms with van der Waals surface area (Å²) in [5.74, 6) is 0. The Labute approximate surface area is 121 Å². The predicted octanol–water partition coefficient (Wildman–Crippen LogP) is 2.78. The van der Waals surface area contributed by atoms with Gasteiger partial charge in [0.25, 0.3) is 0 Å². The predicted molar refractivity (Wildman–Crippen MR) is 81.7 cm³/mol. The van der Waals surface area contributed by atoms with Crippen molar-refractivity contribution >= 4 is 11.6 Å². The van der Waals surface area contributed by atoms with Gasteiger partial charge < -0.3 is 10.1 Å². The topological polar surface area (TPSA) is 24.5 Å². The lowest BCUT2D eigenvalue weighted by atomic mass is 10.2. The molecule has 0 amide bonds. The van der Waals surface area contributed by atoms with Crippen LogP contribution in [-0.4, -0.2) is 44.3 Å². The molecule has 19 heavy (non-hydrogen) atoms. The molecule has 0 saturated carbocycles. The fourth-order valence-corrected chi connectivity index (χ4v) is 2.04. The van der Waals surface area contributed by atoms with E-state index in [1.165, 1.54) is 5.56 Å². The maximum atomic E-state index is 5.90. The first-order valence-corrected chi connectivity index (χ1v) is 7.07. The Kier molecular flexibility index (Phi) is 7.39. The maximum absolute atomic E-state index is 5.90. The van der Waals surface area contributed by atoms with Gasteiger partial charge in [-0.2, -0.15) is 0 Å². The summed E-state index contributed by atoms with van der Waals surface area (Å²) in [6.45, 7) is 6.86. The Hall–Kier alpha value is -0.610. The molecule has 108 valence electrons. The van der Waals surface area contributed by atoms with Crippen LogP contribution in [-0.2, 0) is 11.3 Å². The van der Waals surface area contributed by atoms with Crippen LogP contribution in [0.2, 0.25) is 5.02 Å². The maximum Gasteiger partial charge on any atom is 0.0630 e. The highest BCUT2D eigenvalue weighted by molar-refractivity contribution is 6.30. The molecular formula is C15H25ClN2O. The average molecular weight is 285 g/mol. The number of nitrogens with zero attached hydrogens (tertiary/aromatic N) is 1. The molecule has 0 aliphatic carbocycles. The third-order valence-corrected chi connectivity index (χ3v) is 3.34. The van der Waals surface area contributed by atoms with Crippen LogP contribution < -0.4 is 5.32 Å². The summed E-state index contributed by atoms with van der Waals surface area (Å²) in [6, 6.07) is 8.86. The third kappa shape index (κ3) is 6.39. The number of benzene rings is 1. The highest BCUT2D eigenvalue weighted by Crippen LogP contribution is 2.12. The largest absolute Gasteiger partial charge is 0.383 e. The number of hydrogen-bond donors (Lipinski definition) is 1. The molecule has 0 bridgehead atoms. The Bertz CT molecular complexity index is 354. The molecule has 0 aliphatic heterocycles. The van der Waals surface area contributed by atoms with E-state index in [2.05, 4.69) is 43.2 Å². The minimum atomic E-state index is 0.364. The molecule has 1 aromatic rings. The molecular weight excluding hydrogens is 260 g/mol. The Morgan fingerprint density at radius 1 is 1.26 bits per heavy atom. The Balaban J connectivity index is 2.55. The van der Waals surface area contributed by atoms with Crippen molar-refractivity contribution in [2.24, 2.45) is 0 Å². The van der Waals surface area contributed by atoms with Gasteiger partial charge in [-0.3, -0.25) is 4.90 Å². The third-order valence-electron chi connectivity index (χ3n) is 3.09. The van der Waals surface area contributed by atoms with Gasteiger partial charge in [-0.1, -0.05) is 37.6 Å². The lowest BCUT2D eigenvalue weighted by molar-refractivity contribution is 0.100. The molecule has 1 N–H and O–H groups in total. The first-order valence-electron chi connectivity index (χ1n) is 6.70. The number of halogens is 1. The van der Waals surface area contributed by atoms with Crippen molar-refractivity contribution in [2.75, 3.05) is 27.3 Å². The van der Waals surface area contributed by atoms with Crippen molar-refractivity contribution in [1.82, 2.24) is 10.2 Å². The lowest BCUT2D eigenvalue weighted by Crippen LogP contribution is -2.44. The molecule has 3 nitrogen and oxygen atoms in total. The van der Waals surface area contributed by atoms with Crippen molar-refractivity contribution in [2.45, 2.75) is 32.5 Å². The van der Waals surface area contributed by atoms with Gasteiger partial charge in [0.15, 0.2) is 0 Å². The standard InChI is InChI=1S/C15H25ClN2O/c1-12(2)17-9-15(11-19-4)18(3)10-13-5-7-14(16)8-6-13/h5-8,12,15,17H,9-11H2,1-4H3. The molecule has 0 aliphatic rings. The summed E-state index contributed by atoms with van der Waals surface area (Å²) < 4.78 is 5.31. The quantitative estimate of drug-likeness (QED) is 0.794. The van der Waals surface area contributed by atoms with E-state index in [0.717, 1.165) is 24.7 Å². The normalized spacial score (nSPS) is 13.2. The summed E-state index contributed by atoms with van der Waals surface area (Å²) >= 11 is 5.90. The molecule has 0 fully saturated rings. The van der Waals surface area contributed by atoms with Crippen LogP contribution >= 0.6 is 11.6 Å². The van der Waals surface area contributed by atoms with Crippen LogP contribution in [0.1, 0.15) is 19.4 Å². The molecule has 0 saturated heterocycles. The highest BCUT2D eigenvalue weighted by atomic mass is 35.5. The van der Waals surface area contributed by atoms with Crippen LogP contribution in [0.15, 0.2) is 24.3 Å². The Morgan fingerprint density at radius 3 is 2.42 bits per heavy atom. The van der Waals surface area contributed by atoms with Crippen LogP contribution in [0, 0.1) is 0 Å². The highest BCUT2D eigenvalue weighted by Gasteiger charge is 2.15. The van der Waals surface area contributed by atoms with Crippen LogP contribution in [0.25, 0.3) is 0 Å². The minimum absolute atomic E-state index is 0.364. The van der Waals surface area contributed by atoms with Gasteiger partial charge in [-0.05, 0) is 24.7 Å². The molecule has 0 aromatic heterocycles. The van der Waals surface area contributed by atoms with E-state index in [1.807, 2.05) is 12.1 Å². The average Bonchev–Trinajstić information content (AvgIpc) is 2.37. The van der Waals surface area contributed by atoms with E-state index < -0.39 is 0 Å². The molecule has 0 spiro atoms. The monoisotopic (exact) mass is 284 g/mol. The zero-order valence-electron chi connectivity index (χ0n) is 12.3. The molecule has 0 heterocycles. The number of nitrogens with one attached hydrogen (secondary N) is 1. The van der Waals surface area contributed by atoms with Crippen LogP contribution in [0.3, 0.4) is 0 Å². The van der Waals surface area contributed by atoms with Crippen molar-refractivity contribution in [3.63, 3.8) is 0 Å². The van der Waals surface area contributed by atoms with Gasteiger partial charge in [0.05, 0.1) is 6.61 Å². The second-order valence-electron chi connectivity index (χ2n) is 5.21. The van der Waals surface area contributed by atoms with E-state index in [9.17, 15) is 0 Å². The summed E-state index contributed by atoms with van der Waals surface area (Å²) in [7, 11) is 3.87. The molecule has 4 heteroatoms. The summed E-state index contributed by atoms with van der Waals surface area (Å²) in [5.41, 5.74) is 1.26. The second-order valence-corrected chi connectivity index (χ2v) is 5.65. The Morgan fingerprint density at radius 2 is 1.89 bits per heavy atom. The van der Waals surface area contributed by atoms with E-state index in [1.54, 1.807) is 7.11 Å². The van der Waals surface area contributed by atoms with Crippen molar-refractivity contribution in [1.29, 1.82) is 0 Å². The molecule has 1 atom stereocenters. The van der Waals surface area contributed by atoms with Gasteiger partial charge in [0.1, 0.15) is 0 Å². The number of methoxy groups -OCH3 is 1. The van der Waals surface area contributed by atoms with Crippen molar-refractivity contribution in [3.8, 4) is 0 Å². The SMILES string of the molecule is COCC(CNC(C)C)N(C)Cc1ccc(Cl)cc1. The van der Waals surface area contributed by atoms with Gasteiger partial charge in [0.2, 0.25) is 0 Å². The fraction of sp³-hybridized carbons (Fsp3) is 0.600. The summed E-state index contributed by atoms with van der Waals surface area (Å²) in [4.78, 5) is 2.31. The van der Waals surface area contributed by atoms with E-state index >= 15 is 0 Å². The minimum Gasteiger partial charge on any atom is -0.383 e. The summed E-state index contributed by atoms with van der Waals surface area (Å²) in [5, 5.41) is 4.24. The van der Waals surface area contributed by atoms with E-state index in [-0.39, 0.29) is 0 Å². The summed E-state index contributed by atoms with van der Waals surface area (Å²) in [6.07, 6.45) is 0. The van der Waals surface area contributed by atoms with Crippen LogP contribution in [0.5, 0.6) is 0 Å². The zero-order valence-corrected chi connectivity index (χ0v) is 13.1. The number of hydrogen-bond acceptors (Lipinski definition) is 3. The van der Waals surface area contributed by atoms with E-state index in [0.29, 0.717) is 12.1 Å². The fourth-order valence-electron chi connectivity index (χ4n) is 1.91. The van der Waals surface area contributed by atoms with Crippen LogP contribution in [0.4, 0.5) is 0 Å². The zero-order chi connectivity index (χ0) is 14.3. The smallest absolute Gasteiger partial charge is 0.0630 e. The lowest BCUT2D eigenvalue weighted by Gasteiger charge is -2.28. The van der Waals surface area contributed by atoms with Crippen molar-refractivity contribution < 1.29 is 4.74 Å². The second kappa shape index (κ2) is 8.54. The molecule has 1 aromatic carbocycles. The van der Waals surface area contributed by atoms with E-state index in [4.69, 9.17) is 16.3 Å². The molecule has 1 rings (SSSR count). The number of ether oxygens (including phenoxy) is 1. The number of likely N-dealkylation sites (N-methyl/N-ethyl adjacent to an activating group) is 1. The first kappa shape index (κ1) is 16.4. The molecule has 1 unspecified atom stereocenters. The van der Waals surface area contributed by atoms with Crippen molar-refractivity contribution in [3.05, 3.63) is 34.9 Å². The molecule has 0 radical (unpaired) electrons. The van der Waals surface area contributed by atoms with Gasteiger partial charge in [0, 0.05) is 37.3 Å². The van der Waals surface area contributed by atoms with Gasteiger partial charge in [-0.25, -0.2) is 0 Å². The first-order chi connectivity index (χ1) is 9.02.